The number of rotatable bonds is 5. The maximum Gasteiger partial charge on any atom is 0.243 e. The van der Waals surface area contributed by atoms with Gasteiger partial charge in [0.2, 0.25) is 15.9 Å². The Morgan fingerprint density at radius 3 is 2.60 bits per heavy atom. The summed E-state index contributed by atoms with van der Waals surface area (Å²) in [5.74, 6) is 0.283. The number of benzene rings is 1. The first-order valence-electron chi connectivity index (χ1n) is 8.02. The second-order valence-electron chi connectivity index (χ2n) is 5.87. The van der Waals surface area contributed by atoms with Gasteiger partial charge in [-0.05, 0) is 38.0 Å². The molecule has 0 atom stereocenters. The second kappa shape index (κ2) is 7.28. The van der Waals surface area contributed by atoms with Gasteiger partial charge in [0.25, 0.3) is 0 Å². The molecule has 0 N–H and O–H groups in total. The smallest absolute Gasteiger partial charge is 0.243 e. The minimum atomic E-state index is -3.62. The van der Waals surface area contributed by atoms with Gasteiger partial charge in [-0.25, -0.2) is 8.42 Å². The first-order valence-corrected chi connectivity index (χ1v) is 9.46. The van der Waals surface area contributed by atoms with Gasteiger partial charge in [0, 0.05) is 30.9 Å². The molecule has 8 heteroatoms. The third-order valence-corrected chi connectivity index (χ3v) is 6.01. The van der Waals surface area contributed by atoms with Gasteiger partial charge in [0.15, 0.2) is 5.78 Å². The summed E-state index contributed by atoms with van der Waals surface area (Å²) in [6.07, 6.45) is 2.62. The zero-order chi connectivity index (χ0) is 17.9. The van der Waals surface area contributed by atoms with Gasteiger partial charge in [-0.15, -0.1) is 5.10 Å². The lowest BCUT2D eigenvalue weighted by Gasteiger charge is -2.31. The Kier molecular flexibility index (Phi) is 5.10. The van der Waals surface area contributed by atoms with Crippen LogP contribution in [0.15, 0.2) is 47.5 Å². The van der Waals surface area contributed by atoms with Crippen molar-refractivity contribution >= 4 is 15.8 Å². The molecule has 1 aromatic carbocycles. The summed E-state index contributed by atoms with van der Waals surface area (Å²) in [4.78, 5) is 11.6. The van der Waals surface area contributed by atoms with E-state index >= 15 is 0 Å². The molecule has 1 aromatic heterocycles. The lowest BCUT2D eigenvalue weighted by Crippen LogP contribution is -2.41. The highest BCUT2D eigenvalue weighted by Crippen LogP contribution is 2.23. The summed E-state index contributed by atoms with van der Waals surface area (Å²) in [5.41, 5.74) is 0.391. The number of ketones is 1. The Hall–Kier alpha value is -2.32. The molecule has 1 aliphatic heterocycles. The Morgan fingerprint density at radius 1 is 1.20 bits per heavy atom. The molecule has 132 valence electrons. The molecule has 1 aliphatic rings. The van der Waals surface area contributed by atoms with Gasteiger partial charge in [0.1, 0.15) is 6.10 Å². The highest BCUT2D eigenvalue weighted by molar-refractivity contribution is 7.89. The summed E-state index contributed by atoms with van der Waals surface area (Å²) < 4.78 is 32.7. The second-order valence-corrected chi connectivity index (χ2v) is 7.81. The topological polar surface area (TPSA) is 89.5 Å². The number of piperidine rings is 1. The summed E-state index contributed by atoms with van der Waals surface area (Å²) in [6.45, 7) is 2.14. The third-order valence-electron chi connectivity index (χ3n) is 4.11. The van der Waals surface area contributed by atoms with Crippen LogP contribution < -0.4 is 4.74 Å². The van der Waals surface area contributed by atoms with Crippen LogP contribution in [-0.2, 0) is 10.0 Å². The van der Waals surface area contributed by atoms with Crippen LogP contribution in [0.25, 0.3) is 0 Å². The maximum atomic E-state index is 12.8. The minimum absolute atomic E-state index is 0.0910. The van der Waals surface area contributed by atoms with Gasteiger partial charge in [-0.2, -0.15) is 9.40 Å². The fourth-order valence-corrected chi connectivity index (χ4v) is 4.25. The average Bonchev–Trinajstić information content (AvgIpc) is 2.63. The van der Waals surface area contributed by atoms with E-state index in [1.807, 2.05) is 0 Å². The van der Waals surface area contributed by atoms with Crippen LogP contribution in [0.4, 0.5) is 0 Å². The molecular weight excluding hydrogens is 342 g/mol. The van der Waals surface area contributed by atoms with Gasteiger partial charge in [-0.1, -0.05) is 12.1 Å². The molecule has 0 spiro atoms. The number of sulfonamides is 1. The molecule has 0 unspecified atom stereocenters. The van der Waals surface area contributed by atoms with Crippen LogP contribution in [0.1, 0.15) is 30.1 Å². The van der Waals surface area contributed by atoms with Gasteiger partial charge in [0.05, 0.1) is 4.90 Å². The number of carbonyl (C=O) groups is 1. The van der Waals surface area contributed by atoms with E-state index in [-0.39, 0.29) is 16.8 Å². The summed E-state index contributed by atoms with van der Waals surface area (Å²) in [5, 5.41) is 7.64. The first-order chi connectivity index (χ1) is 12.0. The van der Waals surface area contributed by atoms with Crippen molar-refractivity contribution in [2.24, 2.45) is 0 Å². The summed E-state index contributed by atoms with van der Waals surface area (Å²) in [6, 6.07) is 9.62. The van der Waals surface area contributed by atoms with E-state index in [9.17, 15) is 13.2 Å². The van der Waals surface area contributed by atoms with Crippen LogP contribution in [0.3, 0.4) is 0 Å². The van der Waals surface area contributed by atoms with Gasteiger partial charge >= 0.3 is 0 Å². The Bertz CT molecular complexity index is 847. The van der Waals surface area contributed by atoms with Gasteiger partial charge < -0.3 is 4.74 Å². The predicted molar refractivity (Wildman–Crippen MR) is 90.9 cm³/mol. The van der Waals surface area contributed by atoms with E-state index in [2.05, 4.69) is 10.2 Å². The first kappa shape index (κ1) is 17.5. The van der Waals surface area contributed by atoms with Crippen molar-refractivity contribution in [3.05, 3.63) is 48.2 Å². The van der Waals surface area contributed by atoms with Gasteiger partial charge in [-0.3, -0.25) is 4.79 Å². The third kappa shape index (κ3) is 4.02. The van der Waals surface area contributed by atoms with Crippen molar-refractivity contribution in [1.29, 1.82) is 0 Å². The zero-order valence-electron chi connectivity index (χ0n) is 13.8. The minimum Gasteiger partial charge on any atom is -0.473 e. The maximum absolute atomic E-state index is 12.8. The van der Waals surface area contributed by atoms with Crippen molar-refractivity contribution in [2.75, 3.05) is 13.1 Å². The molecule has 0 aliphatic carbocycles. The molecule has 1 fully saturated rings. The molecule has 2 aromatic rings. The van der Waals surface area contributed by atoms with Crippen LogP contribution in [-0.4, -0.2) is 47.9 Å². The SMILES string of the molecule is CC(=O)c1cccc(S(=O)(=O)N2CCC(Oc3cccnn3)CC2)c1. The number of hydrogen-bond donors (Lipinski definition) is 0. The molecule has 0 amide bonds. The van der Waals surface area contributed by atoms with E-state index < -0.39 is 10.0 Å². The predicted octanol–water partition coefficient (Wildman–Crippen LogP) is 1.91. The largest absolute Gasteiger partial charge is 0.473 e. The van der Waals surface area contributed by atoms with E-state index in [0.29, 0.717) is 37.4 Å². The van der Waals surface area contributed by atoms with Crippen molar-refractivity contribution in [2.45, 2.75) is 30.8 Å². The van der Waals surface area contributed by atoms with Crippen LogP contribution in [0.2, 0.25) is 0 Å². The molecule has 2 heterocycles. The number of aromatic nitrogens is 2. The number of ether oxygens (including phenoxy) is 1. The fraction of sp³-hybridized carbons (Fsp3) is 0.353. The molecule has 3 rings (SSSR count). The van der Waals surface area contributed by atoms with Crippen LogP contribution in [0.5, 0.6) is 5.88 Å². The normalized spacial score (nSPS) is 16.5. The molecule has 0 saturated carbocycles. The quantitative estimate of drug-likeness (QED) is 0.756. The van der Waals surface area contributed by atoms with Crippen LogP contribution in [0, 0.1) is 0 Å². The highest BCUT2D eigenvalue weighted by Gasteiger charge is 2.30. The lowest BCUT2D eigenvalue weighted by atomic mass is 10.1. The molecule has 0 radical (unpaired) electrons. The zero-order valence-corrected chi connectivity index (χ0v) is 14.6. The van der Waals surface area contributed by atoms with E-state index in [0.717, 1.165) is 0 Å². The van der Waals surface area contributed by atoms with E-state index in [1.165, 1.54) is 23.4 Å². The highest BCUT2D eigenvalue weighted by atomic mass is 32.2. The number of carbonyl (C=O) groups excluding carboxylic acids is 1. The van der Waals surface area contributed by atoms with Crippen molar-refractivity contribution in [3.63, 3.8) is 0 Å². The Labute approximate surface area is 146 Å². The number of Topliss-reactive ketones (excluding diaryl/α,β-unsaturated/α-hetero) is 1. The number of nitrogens with zero attached hydrogens (tertiary/aromatic N) is 3. The molecule has 25 heavy (non-hydrogen) atoms. The average molecular weight is 361 g/mol. The van der Waals surface area contributed by atoms with E-state index in [1.54, 1.807) is 30.5 Å². The Balaban J connectivity index is 1.67. The van der Waals surface area contributed by atoms with E-state index in [4.69, 9.17) is 4.74 Å². The monoisotopic (exact) mass is 361 g/mol. The number of hydrogen-bond acceptors (Lipinski definition) is 6. The Morgan fingerprint density at radius 2 is 1.96 bits per heavy atom. The molecular formula is C17H19N3O4S. The molecule has 7 nitrogen and oxygen atoms in total. The molecule has 1 saturated heterocycles. The van der Waals surface area contributed by atoms with Crippen molar-refractivity contribution < 1.29 is 17.9 Å². The summed E-state index contributed by atoms with van der Waals surface area (Å²) in [7, 11) is -3.62. The van der Waals surface area contributed by atoms with Crippen LogP contribution >= 0.6 is 0 Å². The molecule has 0 bridgehead atoms. The van der Waals surface area contributed by atoms with Crippen molar-refractivity contribution in [3.8, 4) is 5.88 Å². The summed E-state index contributed by atoms with van der Waals surface area (Å²) >= 11 is 0. The lowest BCUT2D eigenvalue weighted by molar-refractivity contribution is 0.101. The fourth-order valence-electron chi connectivity index (χ4n) is 2.74. The standard InChI is InChI=1S/C17H19N3O4S/c1-13(21)14-4-2-5-16(12-14)25(22,23)20-10-7-15(8-11-20)24-17-6-3-9-18-19-17/h2-6,9,12,15H,7-8,10-11H2,1H3. The van der Waals surface area contributed by atoms with Crippen molar-refractivity contribution in [1.82, 2.24) is 14.5 Å².